The molecule has 4 rings (SSSR count). The summed E-state index contributed by atoms with van der Waals surface area (Å²) in [6.07, 6.45) is 5.92. The minimum atomic E-state index is -0.251. The number of rotatable bonds is 8. The third-order valence-electron chi connectivity index (χ3n) is 4.91. The van der Waals surface area contributed by atoms with Crippen LogP contribution < -0.4 is 10.1 Å². The lowest BCUT2D eigenvalue weighted by Gasteiger charge is -2.10. The van der Waals surface area contributed by atoms with Gasteiger partial charge in [0.1, 0.15) is 18.0 Å². The minimum absolute atomic E-state index is 0.246. The fraction of sp³-hybridized carbons (Fsp3) is 0.115. The molecule has 2 heterocycles. The van der Waals surface area contributed by atoms with E-state index in [0.717, 1.165) is 22.5 Å². The van der Waals surface area contributed by atoms with Gasteiger partial charge in [0.25, 0.3) is 5.91 Å². The van der Waals surface area contributed by atoms with Gasteiger partial charge in [0.2, 0.25) is 0 Å². The fourth-order valence-corrected chi connectivity index (χ4v) is 3.40. The zero-order chi connectivity index (χ0) is 23.0. The summed E-state index contributed by atoms with van der Waals surface area (Å²) in [5, 5.41) is 12.2. The van der Waals surface area contributed by atoms with E-state index >= 15 is 0 Å². The molecule has 0 unspecified atom stereocenters. The average molecular weight is 457 g/mol. The predicted molar refractivity (Wildman–Crippen MR) is 129 cm³/mol. The van der Waals surface area contributed by atoms with Crippen LogP contribution in [0.15, 0.2) is 79.1 Å². The van der Waals surface area contributed by atoms with Crippen molar-refractivity contribution in [3.05, 3.63) is 101 Å². The monoisotopic (exact) mass is 456 g/mol. The van der Waals surface area contributed by atoms with Crippen LogP contribution in [0.3, 0.4) is 0 Å². The molecule has 6 nitrogen and oxygen atoms in total. The molecule has 2 aromatic heterocycles. The van der Waals surface area contributed by atoms with E-state index in [1.54, 1.807) is 18.2 Å². The maximum atomic E-state index is 12.8. The lowest BCUT2D eigenvalue weighted by atomic mass is 10.0. The molecule has 0 spiro atoms. The van der Waals surface area contributed by atoms with Crippen LogP contribution in [0.1, 0.15) is 23.2 Å². The Bertz CT molecular complexity index is 1290. The summed E-state index contributed by atoms with van der Waals surface area (Å²) in [7, 11) is 0. The maximum Gasteiger partial charge on any atom is 0.251 e. The standard InChI is InChI=1S/C26H21ClN4O2/c27-21-9-5-19(6-10-21)16-24(26(32)29-14-3-13-28)20-7-11-23(12-8-20)33-18-22-17-31-15-2-1-4-25(31)30-22/h1-2,4-12,15-17H,3,14,18H2,(H,29,32)/b24-16+. The number of nitrogens with zero attached hydrogens (tertiary/aromatic N) is 3. The lowest BCUT2D eigenvalue weighted by Crippen LogP contribution is -2.25. The number of carbonyl (C=O) groups excluding carboxylic acids is 1. The zero-order valence-electron chi connectivity index (χ0n) is 17.7. The molecule has 164 valence electrons. The van der Waals surface area contributed by atoms with Crippen LogP contribution in [-0.4, -0.2) is 21.8 Å². The number of hydrogen-bond acceptors (Lipinski definition) is 4. The number of imidazole rings is 1. The van der Waals surface area contributed by atoms with Gasteiger partial charge in [-0.05, 0) is 53.6 Å². The molecule has 0 saturated carbocycles. The van der Waals surface area contributed by atoms with Crippen molar-refractivity contribution in [1.29, 1.82) is 5.26 Å². The number of hydrogen-bond donors (Lipinski definition) is 1. The highest BCUT2D eigenvalue weighted by Crippen LogP contribution is 2.23. The Hall–Kier alpha value is -4.08. The number of amides is 1. The van der Waals surface area contributed by atoms with Crippen molar-refractivity contribution < 1.29 is 9.53 Å². The van der Waals surface area contributed by atoms with E-state index in [1.165, 1.54) is 0 Å². The van der Waals surface area contributed by atoms with Gasteiger partial charge in [-0.25, -0.2) is 4.98 Å². The van der Waals surface area contributed by atoms with E-state index < -0.39 is 0 Å². The molecule has 0 atom stereocenters. The number of fused-ring (bicyclic) bond motifs is 1. The third kappa shape index (κ3) is 5.79. The molecule has 0 aliphatic heterocycles. The van der Waals surface area contributed by atoms with Crippen molar-refractivity contribution >= 4 is 34.8 Å². The highest BCUT2D eigenvalue weighted by Gasteiger charge is 2.12. The number of nitrogens with one attached hydrogen (secondary N) is 1. The Morgan fingerprint density at radius 2 is 1.91 bits per heavy atom. The second-order valence-electron chi connectivity index (χ2n) is 7.28. The van der Waals surface area contributed by atoms with Gasteiger partial charge in [-0.1, -0.05) is 41.9 Å². The van der Waals surface area contributed by atoms with Crippen LogP contribution >= 0.6 is 11.6 Å². The Balaban J connectivity index is 1.51. The molecular formula is C26H21ClN4O2. The molecule has 0 fully saturated rings. The SMILES string of the molecule is N#CCCNC(=O)/C(=C/c1ccc(Cl)cc1)c1ccc(OCc2cn3ccccc3n2)cc1. The van der Waals surface area contributed by atoms with E-state index in [1.807, 2.05) is 77.5 Å². The largest absolute Gasteiger partial charge is 0.487 e. The van der Waals surface area contributed by atoms with Gasteiger partial charge in [0.05, 0.1) is 18.2 Å². The van der Waals surface area contributed by atoms with E-state index in [9.17, 15) is 4.79 Å². The van der Waals surface area contributed by atoms with Crippen LogP contribution in [0.25, 0.3) is 17.3 Å². The first-order valence-electron chi connectivity index (χ1n) is 10.4. The molecule has 0 aliphatic carbocycles. The molecule has 0 radical (unpaired) electrons. The molecule has 0 aliphatic rings. The Kier molecular flexibility index (Phi) is 7.03. The van der Waals surface area contributed by atoms with Gasteiger partial charge in [-0.3, -0.25) is 4.79 Å². The summed E-state index contributed by atoms with van der Waals surface area (Å²) in [5.41, 5.74) is 3.76. The number of ether oxygens (including phenoxy) is 1. The van der Waals surface area contributed by atoms with E-state index in [0.29, 0.717) is 23.0 Å². The summed E-state index contributed by atoms with van der Waals surface area (Å²) in [5.74, 6) is 0.421. The molecular weight excluding hydrogens is 436 g/mol. The van der Waals surface area contributed by atoms with Crippen LogP contribution in [0, 0.1) is 11.3 Å². The first-order valence-corrected chi connectivity index (χ1v) is 10.8. The molecule has 7 heteroatoms. The summed E-state index contributed by atoms with van der Waals surface area (Å²) in [6, 6.07) is 22.4. The van der Waals surface area contributed by atoms with Gasteiger partial charge in [-0.15, -0.1) is 0 Å². The topological polar surface area (TPSA) is 79.4 Å². The normalized spacial score (nSPS) is 11.2. The Labute approximate surface area is 196 Å². The van der Waals surface area contributed by atoms with Crippen molar-refractivity contribution in [2.45, 2.75) is 13.0 Å². The lowest BCUT2D eigenvalue weighted by molar-refractivity contribution is -0.115. The molecule has 33 heavy (non-hydrogen) atoms. The zero-order valence-corrected chi connectivity index (χ0v) is 18.5. The van der Waals surface area contributed by atoms with Crippen LogP contribution in [0.5, 0.6) is 5.75 Å². The third-order valence-corrected chi connectivity index (χ3v) is 5.17. The first-order chi connectivity index (χ1) is 16.1. The number of nitriles is 1. The van der Waals surface area contributed by atoms with Crippen LogP contribution in [0.4, 0.5) is 0 Å². The quantitative estimate of drug-likeness (QED) is 0.226. The Morgan fingerprint density at radius 3 is 2.64 bits per heavy atom. The summed E-state index contributed by atoms with van der Waals surface area (Å²) in [6.45, 7) is 0.622. The smallest absolute Gasteiger partial charge is 0.251 e. The molecule has 4 aromatic rings. The second kappa shape index (κ2) is 10.5. The van der Waals surface area contributed by atoms with Crippen molar-refractivity contribution in [2.24, 2.45) is 0 Å². The van der Waals surface area contributed by atoms with Crippen molar-refractivity contribution in [2.75, 3.05) is 6.54 Å². The molecule has 1 amide bonds. The molecule has 0 saturated heterocycles. The van der Waals surface area contributed by atoms with Crippen molar-refractivity contribution in [3.63, 3.8) is 0 Å². The number of aromatic nitrogens is 2. The van der Waals surface area contributed by atoms with Gasteiger partial charge >= 0.3 is 0 Å². The van der Waals surface area contributed by atoms with Gasteiger partial charge in [0, 0.05) is 29.5 Å². The number of pyridine rings is 1. The van der Waals surface area contributed by atoms with Crippen molar-refractivity contribution in [3.8, 4) is 11.8 Å². The summed E-state index contributed by atoms with van der Waals surface area (Å²) in [4.78, 5) is 17.3. The highest BCUT2D eigenvalue weighted by atomic mass is 35.5. The Morgan fingerprint density at radius 1 is 1.12 bits per heavy atom. The number of benzene rings is 2. The van der Waals surface area contributed by atoms with Crippen LogP contribution in [-0.2, 0) is 11.4 Å². The molecule has 0 bridgehead atoms. The van der Waals surface area contributed by atoms with E-state index in [2.05, 4.69) is 10.3 Å². The van der Waals surface area contributed by atoms with Gasteiger partial charge < -0.3 is 14.5 Å². The second-order valence-corrected chi connectivity index (χ2v) is 7.72. The predicted octanol–water partition coefficient (Wildman–Crippen LogP) is 5.14. The van der Waals surface area contributed by atoms with E-state index in [4.69, 9.17) is 21.6 Å². The maximum absolute atomic E-state index is 12.8. The average Bonchev–Trinajstić information content (AvgIpc) is 3.26. The minimum Gasteiger partial charge on any atom is -0.487 e. The fourth-order valence-electron chi connectivity index (χ4n) is 3.28. The van der Waals surface area contributed by atoms with Gasteiger partial charge in [-0.2, -0.15) is 5.26 Å². The first kappa shape index (κ1) is 22.1. The van der Waals surface area contributed by atoms with Crippen molar-refractivity contribution in [1.82, 2.24) is 14.7 Å². The van der Waals surface area contributed by atoms with Gasteiger partial charge in [0.15, 0.2) is 0 Å². The summed E-state index contributed by atoms with van der Waals surface area (Å²) >= 11 is 5.98. The number of halogens is 1. The van der Waals surface area contributed by atoms with Crippen LogP contribution in [0.2, 0.25) is 5.02 Å². The molecule has 2 aromatic carbocycles. The molecule has 1 N–H and O–H groups in total. The number of carbonyl (C=O) groups is 1. The highest BCUT2D eigenvalue weighted by molar-refractivity contribution is 6.30. The van der Waals surface area contributed by atoms with E-state index in [-0.39, 0.29) is 18.9 Å². The summed E-state index contributed by atoms with van der Waals surface area (Å²) < 4.78 is 7.83.